The van der Waals surface area contributed by atoms with E-state index in [4.69, 9.17) is 10.5 Å². The van der Waals surface area contributed by atoms with Gasteiger partial charge in [-0.25, -0.2) is 0 Å². The molecule has 18 heavy (non-hydrogen) atoms. The molecule has 4 nitrogen and oxygen atoms in total. The molecule has 0 unspecified atom stereocenters. The predicted octanol–water partition coefficient (Wildman–Crippen LogP) is 2.90. The average Bonchev–Trinajstić information content (AvgIpc) is 2.71. The van der Waals surface area contributed by atoms with Gasteiger partial charge in [-0.15, -0.1) is 0 Å². The predicted molar refractivity (Wildman–Crippen MR) is 71.4 cm³/mol. The molecule has 3 rings (SSSR count). The van der Waals surface area contributed by atoms with E-state index in [2.05, 4.69) is 29.3 Å². The molecular formula is C14H17N3O. The smallest absolute Gasteiger partial charge is 0.145 e. The van der Waals surface area contributed by atoms with Gasteiger partial charge in [0, 0.05) is 11.6 Å². The summed E-state index contributed by atoms with van der Waals surface area (Å²) in [4.78, 5) is 0. The van der Waals surface area contributed by atoms with Gasteiger partial charge in [0.1, 0.15) is 11.6 Å². The van der Waals surface area contributed by atoms with Gasteiger partial charge in [-0.3, -0.25) is 5.10 Å². The Morgan fingerprint density at radius 2 is 2.17 bits per heavy atom. The van der Waals surface area contributed by atoms with Gasteiger partial charge in [-0.05, 0) is 38.3 Å². The fourth-order valence-corrected chi connectivity index (χ4v) is 2.10. The maximum atomic E-state index is 6.01. The van der Waals surface area contributed by atoms with Crippen LogP contribution >= 0.6 is 0 Å². The van der Waals surface area contributed by atoms with Crippen LogP contribution in [0.5, 0.6) is 5.75 Å². The molecule has 1 aliphatic rings. The molecule has 94 valence electrons. The van der Waals surface area contributed by atoms with Crippen molar-refractivity contribution in [3.8, 4) is 17.0 Å². The minimum absolute atomic E-state index is 0.367. The van der Waals surface area contributed by atoms with Crippen LogP contribution in [0.4, 0.5) is 5.82 Å². The topological polar surface area (TPSA) is 63.9 Å². The third-order valence-corrected chi connectivity index (χ3v) is 3.37. The van der Waals surface area contributed by atoms with Crippen LogP contribution in [0.15, 0.2) is 24.3 Å². The number of anilines is 1. The molecule has 1 heterocycles. The Morgan fingerprint density at radius 1 is 1.33 bits per heavy atom. The fourth-order valence-electron chi connectivity index (χ4n) is 2.10. The van der Waals surface area contributed by atoms with Gasteiger partial charge in [0.05, 0.1) is 11.8 Å². The number of nitrogen functional groups attached to an aromatic ring is 1. The molecule has 4 heteroatoms. The first-order chi connectivity index (χ1) is 8.72. The Hall–Kier alpha value is -1.97. The van der Waals surface area contributed by atoms with Crippen molar-refractivity contribution in [1.82, 2.24) is 10.2 Å². The highest BCUT2D eigenvalue weighted by molar-refractivity contribution is 5.69. The van der Waals surface area contributed by atoms with Crippen molar-refractivity contribution in [1.29, 1.82) is 0 Å². The summed E-state index contributed by atoms with van der Waals surface area (Å²) in [6.07, 6.45) is 3.94. The summed E-state index contributed by atoms with van der Waals surface area (Å²) in [7, 11) is 0. The van der Waals surface area contributed by atoms with Crippen LogP contribution in [-0.2, 0) is 0 Å². The number of aromatic nitrogens is 2. The number of nitrogens with zero attached hydrogens (tertiary/aromatic N) is 1. The summed E-state index contributed by atoms with van der Waals surface area (Å²) in [5, 5.41) is 6.92. The number of nitrogens with two attached hydrogens (primary N) is 1. The lowest BCUT2D eigenvalue weighted by Gasteiger charge is -2.27. The SMILES string of the molecule is Cc1ccc(OC2CCC2)c(-c2cc(N)n[nH]2)c1. The van der Waals surface area contributed by atoms with Gasteiger partial charge in [0.15, 0.2) is 0 Å². The third kappa shape index (κ3) is 2.06. The largest absolute Gasteiger partial charge is 0.490 e. The van der Waals surface area contributed by atoms with Gasteiger partial charge in [0.2, 0.25) is 0 Å². The second kappa shape index (κ2) is 4.37. The first-order valence-electron chi connectivity index (χ1n) is 6.31. The van der Waals surface area contributed by atoms with Crippen molar-refractivity contribution in [2.24, 2.45) is 0 Å². The summed E-state index contributed by atoms with van der Waals surface area (Å²) in [6, 6.07) is 8.03. The standard InChI is InChI=1S/C14H17N3O/c1-9-5-6-13(18-10-3-2-4-10)11(7-9)12-8-14(15)17-16-12/h5-8,10H,2-4H2,1H3,(H3,15,16,17). The number of rotatable bonds is 3. The highest BCUT2D eigenvalue weighted by Crippen LogP contribution is 2.34. The zero-order valence-corrected chi connectivity index (χ0v) is 10.4. The van der Waals surface area contributed by atoms with E-state index >= 15 is 0 Å². The molecular weight excluding hydrogens is 226 g/mol. The molecule has 1 fully saturated rings. The van der Waals surface area contributed by atoms with E-state index in [9.17, 15) is 0 Å². The monoisotopic (exact) mass is 243 g/mol. The Balaban J connectivity index is 1.96. The number of nitrogens with one attached hydrogen (secondary N) is 1. The molecule has 1 aromatic heterocycles. The molecule has 0 atom stereocenters. The molecule has 0 amide bonds. The minimum Gasteiger partial charge on any atom is -0.490 e. The number of H-pyrrole nitrogens is 1. The van der Waals surface area contributed by atoms with Crippen LogP contribution in [0.2, 0.25) is 0 Å². The van der Waals surface area contributed by atoms with Crippen LogP contribution < -0.4 is 10.5 Å². The van der Waals surface area contributed by atoms with Crippen molar-refractivity contribution >= 4 is 5.82 Å². The van der Waals surface area contributed by atoms with Crippen LogP contribution in [0.1, 0.15) is 24.8 Å². The molecule has 0 radical (unpaired) electrons. The highest BCUT2D eigenvalue weighted by Gasteiger charge is 2.21. The number of hydrogen-bond donors (Lipinski definition) is 2. The van der Waals surface area contributed by atoms with Crippen molar-refractivity contribution in [3.05, 3.63) is 29.8 Å². The summed E-state index contributed by atoms with van der Waals surface area (Å²) in [5.74, 6) is 1.41. The van der Waals surface area contributed by atoms with Gasteiger partial charge in [0.25, 0.3) is 0 Å². The Kier molecular flexibility index (Phi) is 2.70. The zero-order chi connectivity index (χ0) is 12.5. The number of hydrogen-bond acceptors (Lipinski definition) is 3. The summed E-state index contributed by atoms with van der Waals surface area (Å²) >= 11 is 0. The van der Waals surface area contributed by atoms with Gasteiger partial charge in [-0.2, -0.15) is 5.10 Å². The molecule has 1 aromatic carbocycles. The van der Waals surface area contributed by atoms with Crippen molar-refractivity contribution in [2.75, 3.05) is 5.73 Å². The van der Waals surface area contributed by atoms with Crippen LogP contribution in [0.25, 0.3) is 11.3 Å². The van der Waals surface area contributed by atoms with E-state index in [1.165, 1.54) is 12.0 Å². The van der Waals surface area contributed by atoms with E-state index < -0.39 is 0 Å². The van der Waals surface area contributed by atoms with E-state index in [1.807, 2.05) is 12.1 Å². The number of aryl methyl sites for hydroxylation is 1. The lowest BCUT2D eigenvalue weighted by Crippen LogP contribution is -2.24. The van der Waals surface area contributed by atoms with E-state index in [-0.39, 0.29) is 0 Å². The zero-order valence-electron chi connectivity index (χ0n) is 10.4. The van der Waals surface area contributed by atoms with Gasteiger partial charge >= 0.3 is 0 Å². The highest BCUT2D eigenvalue weighted by atomic mass is 16.5. The molecule has 1 saturated carbocycles. The third-order valence-electron chi connectivity index (χ3n) is 3.37. The molecule has 0 bridgehead atoms. The Bertz CT molecular complexity index is 558. The fraction of sp³-hybridized carbons (Fsp3) is 0.357. The van der Waals surface area contributed by atoms with E-state index in [1.54, 1.807) is 0 Å². The molecule has 0 spiro atoms. The Labute approximate surface area is 106 Å². The van der Waals surface area contributed by atoms with Crippen LogP contribution in [-0.4, -0.2) is 16.3 Å². The average molecular weight is 243 g/mol. The minimum atomic E-state index is 0.367. The Morgan fingerprint density at radius 3 is 2.78 bits per heavy atom. The molecule has 3 N–H and O–H groups in total. The second-order valence-electron chi connectivity index (χ2n) is 4.88. The summed E-state index contributed by atoms with van der Waals surface area (Å²) < 4.78 is 6.01. The molecule has 0 saturated heterocycles. The quantitative estimate of drug-likeness (QED) is 0.871. The molecule has 0 aliphatic heterocycles. The van der Waals surface area contributed by atoms with Crippen molar-refractivity contribution in [2.45, 2.75) is 32.3 Å². The number of aromatic amines is 1. The first kappa shape index (κ1) is 11.1. The van der Waals surface area contributed by atoms with E-state index in [0.717, 1.165) is 29.8 Å². The molecule has 2 aromatic rings. The van der Waals surface area contributed by atoms with Gasteiger partial charge in [-0.1, -0.05) is 11.6 Å². The maximum absolute atomic E-state index is 6.01. The normalized spacial score (nSPS) is 15.4. The van der Waals surface area contributed by atoms with Crippen molar-refractivity contribution < 1.29 is 4.74 Å². The first-order valence-corrected chi connectivity index (χ1v) is 6.31. The van der Waals surface area contributed by atoms with Crippen molar-refractivity contribution in [3.63, 3.8) is 0 Å². The number of ether oxygens (including phenoxy) is 1. The summed E-state index contributed by atoms with van der Waals surface area (Å²) in [6.45, 7) is 2.07. The summed E-state index contributed by atoms with van der Waals surface area (Å²) in [5.41, 5.74) is 8.79. The lowest BCUT2D eigenvalue weighted by atomic mass is 9.96. The second-order valence-corrected chi connectivity index (χ2v) is 4.88. The maximum Gasteiger partial charge on any atom is 0.145 e. The molecule has 1 aliphatic carbocycles. The lowest BCUT2D eigenvalue weighted by molar-refractivity contribution is 0.121. The van der Waals surface area contributed by atoms with E-state index in [0.29, 0.717) is 11.9 Å². The van der Waals surface area contributed by atoms with Crippen LogP contribution in [0, 0.1) is 6.92 Å². The van der Waals surface area contributed by atoms with Crippen LogP contribution in [0.3, 0.4) is 0 Å². The van der Waals surface area contributed by atoms with Gasteiger partial charge < -0.3 is 10.5 Å². The number of benzene rings is 1.